The number of H-pyrrole nitrogens is 1. The minimum absolute atomic E-state index is 0.188. The quantitative estimate of drug-likeness (QED) is 0.189. The van der Waals surface area contributed by atoms with E-state index in [0.29, 0.717) is 40.0 Å². The predicted octanol–water partition coefficient (Wildman–Crippen LogP) is 5.93. The van der Waals surface area contributed by atoms with Gasteiger partial charge in [-0.15, -0.1) is 0 Å². The van der Waals surface area contributed by atoms with Crippen molar-refractivity contribution in [3.63, 3.8) is 0 Å². The van der Waals surface area contributed by atoms with E-state index in [1.165, 1.54) is 23.9 Å². The first-order valence-corrected chi connectivity index (χ1v) is 13.1. The number of nitrogens with zero attached hydrogens (tertiary/aromatic N) is 4. The summed E-state index contributed by atoms with van der Waals surface area (Å²) in [5, 5.41) is 4.49. The van der Waals surface area contributed by atoms with E-state index in [1.54, 1.807) is 23.8 Å². The Morgan fingerprint density at radius 2 is 1.79 bits per heavy atom. The normalized spacial score (nSPS) is 11.2. The highest BCUT2D eigenvalue weighted by Crippen LogP contribution is 2.29. The molecule has 0 radical (unpaired) electrons. The standard InChI is InChI=1S/C29H22FN5O3S/c1-37-22-12-10-18(11-13-22)16-35-28(36)26-25(23(15-31-26)19-6-3-2-4-7-19)33-29(35)39-17-24-32-27(34-38-24)20-8-5-9-21(30)14-20/h2-15,31H,16-17H2,1H3. The third kappa shape index (κ3) is 5.06. The molecule has 0 atom stereocenters. The third-order valence-corrected chi connectivity index (χ3v) is 7.17. The van der Waals surface area contributed by atoms with Crippen molar-refractivity contribution in [2.24, 2.45) is 0 Å². The van der Waals surface area contributed by atoms with Crippen LogP contribution in [0, 0.1) is 5.82 Å². The zero-order valence-corrected chi connectivity index (χ0v) is 21.6. The Bertz CT molecular complexity index is 1810. The molecule has 0 aliphatic heterocycles. The van der Waals surface area contributed by atoms with E-state index in [0.717, 1.165) is 22.4 Å². The lowest BCUT2D eigenvalue weighted by Crippen LogP contribution is -2.24. The van der Waals surface area contributed by atoms with Gasteiger partial charge in [-0.1, -0.05) is 71.5 Å². The van der Waals surface area contributed by atoms with Gasteiger partial charge in [-0.2, -0.15) is 4.98 Å². The second-order valence-corrected chi connectivity index (χ2v) is 9.68. The van der Waals surface area contributed by atoms with Crippen molar-refractivity contribution < 1.29 is 13.7 Å². The fourth-order valence-corrected chi connectivity index (χ4v) is 5.09. The smallest absolute Gasteiger partial charge is 0.278 e. The van der Waals surface area contributed by atoms with Crippen molar-refractivity contribution >= 4 is 22.8 Å². The van der Waals surface area contributed by atoms with Gasteiger partial charge in [0.2, 0.25) is 11.7 Å². The van der Waals surface area contributed by atoms with Crippen LogP contribution in [0.2, 0.25) is 0 Å². The lowest BCUT2D eigenvalue weighted by Gasteiger charge is -2.12. The number of methoxy groups -OCH3 is 1. The number of nitrogens with one attached hydrogen (secondary N) is 1. The van der Waals surface area contributed by atoms with Crippen molar-refractivity contribution in [1.29, 1.82) is 0 Å². The van der Waals surface area contributed by atoms with Crippen molar-refractivity contribution in [2.45, 2.75) is 17.5 Å². The van der Waals surface area contributed by atoms with Gasteiger partial charge in [-0.05, 0) is 35.4 Å². The van der Waals surface area contributed by atoms with Crippen LogP contribution >= 0.6 is 11.8 Å². The van der Waals surface area contributed by atoms with Gasteiger partial charge in [-0.25, -0.2) is 9.37 Å². The monoisotopic (exact) mass is 539 g/mol. The van der Waals surface area contributed by atoms with E-state index in [2.05, 4.69) is 15.1 Å². The predicted molar refractivity (Wildman–Crippen MR) is 147 cm³/mol. The van der Waals surface area contributed by atoms with E-state index in [1.807, 2.05) is 60.8 Å². The van der Waals surface area contributed by atoms with Crippen molar-refractivity contribution in [2.75, 3.05) is 7.11 Å². The summed E-state index contributed by atoms with van der Waals surface area (Å²) in [6, 6.07) is 23.3. The van der Waals surface area contributed by atoms with E-state index in [4.69, 9.17) is 14.2 Å². The molecule has 10 heteroatoms. The fourth-order valence-electron chi connectivity index (χ4n) is 4.26. The van der Waals surface area contributed by atoms with Gasteiger partial charge >= 0.3 is 0 Å². The summed E-state index contributed by atoms with van der Waals surface area (Å²) in [7, 11) is 1.61. The number of hydrogen-bond donors (Lipinski definition) is 1. The molecule has 0 spiro atoms. The molecule has 3 aromatic carbocycles. The number of aromatic nitrogens is 5. The number of rotatable bonds is 8. The molecule has 3 aromatic heterocycles. The van der Waals surface area contributed by atoms with Gasteiger partial charge in [0.25, 0.3) is 5.56 Å². The minimum atomic E-state index is -0.381. The molecule has 1 N–H and O–H groups in total. The molecule has 6 aromatic rings. The molecule has 0 aliphatic rings. The van der Waals surface area contributed by atoms with Crippen LogP contribution in [0.1, 0.15) is 11.5 Å². The van der Waals surface area contributed by atoms with Crippen molar-refractivity contribution in [1.82, 2.24) is 24.7 Å². The van der Waals surface area contributed by atoms with Gasteiger partial charge in [0, 0.05) is 17.3 Å². The summed E-state index contributed by atoms with van der Waals surface area (Å²) >= 11 is 1.32. The Balaban J connectivity index is 1.37. The maximum Gasteiger partial charge on any atom is 0.278 e. The second kappa shape index (κ2) is 10.6. The Morgan fingerprint density at radius 1 is 1.00 bits per heavy atom. The Labute approximate surface area is 226 Å². The van der Waals surface area contributed by atoms with Crippen LogP contribution in [0.4, 0.5) is 4.39 Å². The Kier molecular flexibility index (Phi) is 6.68. The molecule has 0 unspecified atom stereocenters. The minimum Gasteiger partial charge on any atom is -0.497 e. The molecule has 0 amide bonds. The van der Waals surface area contributed by atoms with Crippen molar-refractivity contribution in [3.8, 4) is 28.3 Å². The number of benzene rings is 3. The van der Waals surface area contributed by atoms with Crippen LogP contribution in [-0.4, -0.2) is 31.8 Å². The van der Waals surface area contributed by atoms with Gasteiger partial charge in [0.1, 0.15) is 22.6 Å². The number of hydrogen-bond acceptors (Lipinski definition) is 7. The highest BCUT2D eigenvalue weighted by molar-refractivity contribution is 7.98. The Morgan fingerprint density at radius 3 is 2.56 bits per heavy atom. The number of halogens is 1. The highest BCUT2D eigenvalue weighted by Gasteiger charge is 2.19. The number of ether oxygens (including phenoxy) is 1. The molecule has 194 valence electrons. The first kappa shape index (κ1) is 24.6. The molecular formula is C29H22FN5O3S. The first-order chi connectivity index (χ1) is 19.1. The van der Waals surface area contributed by atoms with Crippen LogP contribution in [0.3, 0.4) is 0 Å². The SMILES string of the molecule is COc1ccc(Cn2c(SCc3nc(-c4cccc(F)c4)no3)nc3c(-c4ccccc4)c[nH]c3c2=O)cc1. The summed E-state index contributed by atoms with van der Waals surface area (Å²) < 4.78 is 26.0. The van der Waals surface area contributed by atoms with Crippen LogP contribution in [0.15, 0.2) is 99.5 Å². The van der Waals surface area contributed by atoms with E-state index >= 15 is 0 Å². The summed E-state index contributed by atoms with van der Waals surface area (Å²) in [5.74, 6) is 1.25. The second-order valence-electron chi connectivity index (χ2n) is 8.74. The highest BCUT2D eigenvalue weighted by atomic mass is 32.2. The number of thioether (sulfide) groups is 1. The number of fused-ring (bicyclic) bond motifs is 1. The lowest BCUT2D eigenvalue weighted by atomic mass is 10.1. The van der Waals surface area contributed by atoms with Crippen LogP contribution in [-0.2, 0) is 12.3 Å². The summed E-state index contributed by atoms with van der Waals surface area (Å²) in [4.78, 5) is 26.2. The summed E-state index contributed by atoms with van der Waals surface area (Å²) in [6.45, 7) is 0.312. The molecule has 3 heterocycles. The number of aromatic amines is 1. The summed E-state index contributed by atoms with van der Waals surface area (Å²) in [6.07, 6.45) is 1.81. The van der Waals surface area contributed by atoms with Crippen molar-refractivity contribution in [3.05, 3.63) is 113 Å². The topological polar surface area (TPSA) is 98.8 Å². The molecule has 8 nitrogen and oxygen atoms in total. The lowest BCUT2D eigenvalue weighted by molar-refractivity contribution is 0.391. The fraction of sp³-hybridized carbons (Fsp3) is 0.103. The van der Waals surface area contributed by atoms with Gasteiger partial charge in [0.05, 0.1) is 19.4 Å². The zero-order valence-electron chi connectivity index (χ0n) is 20.8. The largest absolute Gasteiger partial charge is 0.497 e. The Hall–Kier alpha value is -4.70. The molecule has 39 heavy (non-hydrogen) atoms. The molecule has 6 rings (SSSR count). The molecule has 0 fully saturated rings. The van der Waals surface area contributed by atoms with E-state index in [-0.39, 0.29) is 17.1 Å². The van der Waals surface area contributed by atoms with Gasteiger partial charge < -0.3 is 14.2 Å². The van der Waals surface area contributed by atoms with E-state index in [9.17, 15) is 9.18 Å². The van der Waals surface area contributed by atoms with Crippen LogP contribution < -0.4 is 10.3 Å². The van der Waals surface area contributed by atoms with Gasteiger partial charge in [-0.3, -0.25) is 9.36 Å². The van der Waals surface area contributed by atoms with E-state index < -0.39 is 0 Å². The summed E-state index contributed by atoms with van der Waals surface area (Å²) in [5.41, 5.74) is 4.06. The zero-order chi connectivity index (χ0) is 26.8. The maximum atomic E-state index is 13.7. The maximum absolute atomic E-state index is 13.7. The average molecular weight is 540 g/mol. The van der Waals surface area contributed by atoms with Gasteiger partial charge in [0.15, 0.2) is 5.16 Å². The molecule has 0 saturated carbocycles. The molecule has 0 aliphatic carbocycles. The molecule has 0 saturated heterocycles. The van der Waals surface area contributed by atoms with Crippen LogP contribution in [0.25, 0.3) is 33.5 Å². The average Bonchev–Trinajstić information content (AvgIpc) is 3.62. The molecule has 0 bridgehead atoms. The third-order valence-electron chi connectivity index (χ3n) is 6.21. The molecular weight excluding hydrogens is 517 g/mol. The first-order valence-electron chi connectivity index (χ1n) is 12.1. The van der Waals surface area contributed by atoms with Crippen LogP contribution in [0.5, 0.6) is 5.75 Å².